The Kier molecular flexibility index (Phi) is 3.89. The van der Waals surface area contributed by atoms with Crippen molar-refractivity contribution in [3.8, 4) is 0 Å². The first-order chi connectivity index (χ1) is 8.08. The third kappa shape index (κ3) is 2.90. The van der Waals surface area contributed by atoms with Gasteiger partial charge in [-0.25, -0.2) is 4.39 Å². The maximum absolute atomic E-state index is 13.0. The van der Waals surface area contributed by atoms with E-state index >= 15 is 0 Å². The van der Waals surface area contributed by atoms with Crippen molar-refractivity contribution < 1.29 is 9.18 Å². The highest BCUT2D eigenvalue weighted by atomic mass is 35.5. The Hall–Kier alpha value is -0.800. The summed E-state index contributed by atoms with van der Waals surface area (Å²) in [7, 11) is 0. The van der Waals surface area contributed by atoms with Crippen molar-refractivity contribution in [2.24, 2.45) is 0 Å². The summed E-state index contributed by atoms with van der Waals surface area (Å²) in [6.07, 6.45) is 1.59. The molecule has 0 saturated carbocycles. The number of benzene rings is 1. The van der Waals surface area contributed by atoms with Crippen molar-refractivity contribution in [1.82, 2.24) is 4.90 Å². The van der Waals surface area contributed by atoms with Crippen molar-refractivity contribution in [2.45, 2.75) is 18.2 Å². The molecule has 0 bridgehead atoms. The number of amides is 1. The molecule has 2 nitrogen and oxygen atoms in total. The number of halogens is 3. The zero-order valence-electron chi connectivity index (χ0n) is 9.13. The average molecular weight is 276 g/mol. The molecule has 0 unspecified atom stereocenters. The molecule has 1 aromatic carbocycles. The molecule has 1 saturated heterocycles. The first kappa shape index (κ1) is 12.7. The molecule has 17 heavy (non-hydrogen) atoms. The summed E-state index contributed by atoms with van der Waals surface area (Å²) in [4.78, 5) is 13.8. The fourth-order valence-electron chi connectivity index (χ4n) is 1.86. The third-order valence-corrected chi connectivity index (χ3v) is 3.60. The minimum absolute atomic E-state index is 0.0249. The van der Waals surface area contributed by atoms with E-state index < -0.39 is 5.82 Å². The predicted octanol–water partition coefficient (Wildman–Crippen LogP) is 3.32. The van der Waals surface area contributed by atoms with E-state index in [1.165, 1.54) is 18.2 Å². The third-order valence-electron chi connectivity index (χ3n) is 2.88. The topological polar surface area (TPSA) is 20.3 Å². The SMILES string of the molecule is O=C(c1ccc(F)c(Cl)c1)N1CCC(Cl)CC1. The van der Waals surface area contributed by atoms with Gasteiger partial charge in [0.15, 0.2) is 0 Å². The highest BCUT2D eigenvalue weighted by molar-refractivity contribution is 6.31. The molecule has 92 valence electrons. The van der Waals surface area contributed by atoms with Crippen LogP contribution in [0, 0.1) is 5.82 Å². The number of hydrogen-bond donors (Lipinski definition) is 0. The average Bonchev–Trinajstić information content (AvgIpc) is 2.33. The van der Waals surface area contributed by atoms with Crippen LogP contribution in [0.3, 0.4) is 0 Å². The molecular weight excluding hydrogens is 264 g/mol. The number of hydrogen-bond acceptors (Lipinski definition) is 1. The Labute approximate surface area is 109 Å². The van der Waals surface area contributed by atoms with Gasteiger partial charge in [-0.3, -0.25) is 4.79 Å². The lowest BCUT2D eigenvalue weighted by molar-refractivity contribution is 0.0726. The number of alkyl halides is 1. The van der Waals surface area contributed by atoms with E-state index in [1.54, 1.807) is 4.90 Å². The second-order valence-electron chi connectivity index (χ2n) is 4.10. The maximum Gasteiger partial charge on any atom is 0.253 e. The Morgan fingerprint density at radius 1 is 1.35 bits per heavy atom. The smallest absolute Gasteiger partial charge is 0.253 e. The van der Waals surface area contributed by atoms with Crippen LogP contribution >= 0.6 is 23.2 Å². The molecule has 1 aliphatic rings. The number of piperidine rings is 1. The zero-order valence-corrected chi connectivity index (χ0v) is 10.6. The predicted molar refractivity (Wildman–Crippen MR) is 66.2 cm³/mol. The summed E-state index contributed by atoms with van der Waals surface area (Å²) in [6.45, 7) is 1.28. The van der Waals surface area contributed by atoms with Crippen LogP contribution in [-0.2, 0) is 0 Å². The standard InChI is InChI=1S/C12H12Cl2FNO/c13-9-3-5-16(6-4-9)12(17)8-1-2-11(15)10(14)7-8/h1-2,7,9H,3-6H2. The van der Waals surface area contributed by atoms with Gasteiger partial charge in [0.2, 0.25) is 0 Å². The number of likely N-dealkylation sites (tertiary alicyclic amines) is 1. The van der Waals surface area contributed by atoms with E-state index in [-0.39, 0.29) is 16.3 Å². The summed E-state index contributed by atoms with van der Waals surface area (Å²) in [5.41, 5.74) is 0.421. The van der Waals surface area contributed by atoms with Crippen molar-refractivity contribution in [3.63, 3.8) is 0 Å². The van der Waals surface area contributed by atoms with Gasteiger partial charge in [-0.1, -0.05) is 11.6 Å². The quantitative estimate of drug-likeness (QED) is 0.720. The van der Waals surface area contributed by atoms with Crippen LogP contribution in [0.15, 0.2) is 18.2 Å². The van der Waals surface area contributed by atoms with Crippen molar-refractivity contribution >= 4 is 29.1 Å². The summed E-state index contributed by atoms with van der Waals surface area (Å²) >= 11 is 11.6. The van der Waals surface area contributed by atoms with E-state index in [4.69, 9.17) is 23.2 Å². The molecule has 1 aromatic rings. The van der Waals surface area contributed by atoms with Crippen LogP contribution in [0.4, 0.5) is 4.39 Å². The Morgan fingerprint density at radius 2 is 2.00 bits per heavy atom. The number of nitrogens with zero attached hydrogens (tertiary/aromatic N) is 1. The Bertz CT molecular complexity index is 431. The lowest BCUT2D eigenvalue weighted by atomic mass is 10.1. The molecular formula is C12H12Cl2FNO. The lowest BCUT2D eigenvalue weighted by Gasteiger charge is -2.29. The van der Waals surface area contributed by atoms with Crippen molar-refractivity contribution in [2.75, 3.05) is 13.1 Å². The van der Waals surface area contributed by atoms with Gasteiger partial charge in [0, 0.05) is 24.0 Å². The van der Waals surface area contributed by atoms with Crippen LogP contribution < -0.4 is 0 Å². The largest absolute Gasteiger partial charge is 0.339 e. The molecule has 2 rings (SSSR count). The van der Waals surface area contributed by atoms with Gasteiger partial charge in [0.05, 0.1) is 5.02 Å². The first-order valence-electron chi connectivity index (χ1n) is 5.46. The van der Waals surface area contributed by atoms with E-state index in [0.29, 0.717) is 18.7 Å². The molecule has 0 radical (unpaired) electrons. The number of carbonyl (C=O) groups excluding carboxylic acids is 1. The monoisotopic (exact) mass is 275 g/mol. The molecule has 1 fully saturated rings. The van der Waals surface area contributed by atoms with E-state index in [2.05, 4.69) is 0 Å². The minimum Gasteiger partial charge on any atom is -0.339 e. The van der Waals surface area contributed by atoms with Crippen LogP contribution in [0.2, 0.25) is 5.02 Å². The van der Waals surface area contributed by atoms with Gasteiger partial charge in [0.1, 0.15) is 5.82 Å². The highest BCUT2D eigenvalue weighted by Crippen LogP contribution is 2.20. The van der Waals surface area contributed by atoms with Gasteiger partial charge in [-0.15, -0.1) is 11.6 Å². The molecule has 1 heterocycles. The van der Waals surface area contributed by atoms with Crippen molar-refractivity contribution in [1.29, 1.82) is 0 Å². The normalized spacial score (nSPS) is 17.2. The number of rotatable bonds is 1. The molecule has 5 heteroatoms. The molecule has 0 N–H and O–H groups in total. The lowest BCUT2D eigenvalue weighted by Crippen LogP contribution is -2.38. The van der Waals surface area contributed by atoms with Crippen LogP contribution in [-0.4, -0.2) is 29.3 Å². The van der Waals surface area contributed by atoms with E-state index in [1.807, 2.05) is 0 Å². The molecule has 0 aromatic heterocycles. The zero-order chi connectivity index (χ0) is 12.4. The van der Waals surface area contributed by atoms with Gasteiger partial charge in [0.25, 0.3) is 5.91 Å². The van der Waals surface area contributed by atoms with Gasteiger partial charge in [-0.2, -0.15) is 0 Å². The van der Waals surface area contributed by atoms with Gasteiger partial charge >= 0.3 is 0 Å². The molecule has 1 amide bonds. The second kappa shape index (κ2) is 5.23. The van der Waals surface area contributed by atoms with Crippen molar-refractivity contribution in [3.05, 3.63) is 34.6 Å². The number of carbonyl (C=O) groups is 1. The van der Waals surface area contributed by atoms with Gasteiger partial charge < -0.3 is 4.90 Å². The fraction of sp³-hybridized carbons (Fsp3) is 0.417. The Morgan fingerprint density at radius 3 is 2.59 bits per heavy atom. The minimum atomic E-state index is -0.511. The summed E-state index contributed by atoms with van der Waals surface area (Å²) in [5, 5.41) is 0.124. The molecule has 1 aliphatic heterocycles. The van der Waals surface area contributed by atoms with Crippen LogP contribution in [0.1, 0.15) is 23.2 Å². The van der Waals surface area contributed by atoms with Crippen LogP contribution in [0.25, 0.3) is 0 Å². The van der Waals surface area contributed by atoms with E-state index in [0.717, 1.165) is 12.8 Å². The first-order valence-corrected chi connectivity index (χ1v) is 6.28. The van der Waals surface area contributed by atoms with Gasteiger partial charge in [-0.05, 0) is 31.0 Å². The summed E-state index contributed by atoms with van der Waals surface area (Å²) in [5.74, 6) is -0.627. The Balaban J connectivity index is 2.11. The van der Waals surface area contributed by atoms with Crippen LogP contribution in [0.5, 0.6) is 0 Å². The summed E-state index contributed by atoms with van der Waals surface area (Å²) in [6, 6.07) is 4.03. The second-order valence-corrected chi connectivity index (χ2v) is 5.12. The van der Waals surface area contributed by atoms with E-state index in [9.17, 15) is 9.18 Å². The molecule has 0 aliphatic carbocycles. The molecule has 0 spiro atoms. The highest BCUT2D eigenvalue weighted by Gasteiger charge is 2.22. The fourth-order valence-corrected chi connectivity index (χ4v) is 2.24. The summed E-state index contributed by atoms with van der Waals surface area (Å²) < 4.78 is 13.0. The molecule has 0 atom stereocenters. The maximum atomic E-state index is 13.0.